The van der Waals surface area contributed by atoms with E-state index in [0.717, 1.165) is 18.7 Å². The minimum atomic E-state index is -2.88. The molecule has 0 amide bonds. The van der Waals surface area contributed by atoms with Gasteiger partial charge in [-0.15, -0.1) is 32.0 Å². The second-order valence-electron chi connectivity index (χ2n) is 8.50. The first-order valence-electron chi connectivity index (χ1n) is 12.7. The monoisotopic (exact) mass is 726 g/mol. The van der Waals surface area contributed by atoms with Crippen LogP contribution in [0, 0.1) is 0 Å². The molecule has 4 aromatic heterocycles. The second-order valence-corrected chi connectivity index (χ2v) is 8.77. The molecule has 0 saturated heterocycles. The fraction of sp³-hybridized carbons (Fsp3) is 0.545. The van der Waals surface area contributed by atoms with Crippen molar-refractivity contribution in [2.45, 2.75) is 45.1 Å². The fourth-order valence-electron chi connectivity index (χ4n) is 3.27. The number of carboxylic acids is 1. The molecule has 2 N–H and O–H groups in total. The molecule has 48 heavy (non-hydrogen) atoms. The van der Waals surface area contributed by atoms with Gasteiger partial charge in [0.2, 0.25) is 0 Å². The van der Waals surface area contributed by atoms with Crippen LogP contribution in [0.15, 0.2) is 0 Å². The summed E-state index contributed by atoms with van der Waals surface area (Å²) in [4.78, 5) is 21.4. The molecule has 0 unspecified atom stereocenters. The number of alkyl halides is 9. The Bertz CT molecular complexity index is 1560. The molecule has 0 aliphatic rings. The largest absolute Gasteiger partial charge is 0.476 e. The van der Waals surface area contributed by atoms with E-state index in [-0.39, 0.29) is 35.3 Å². The van der Waals surface area contributed by atoms with Gasteiger partial charge in [-0.25, -0.2) is 63.4 Å². The number of ether oxygens (including phenoxy) is 1. The first-order chi connectivity index (χ1) is 22.4. The Balaban J connectivity index is 0.000000322. The molecule has 0 aliphatic heterocycles. The van der Waals surface area contributed by atoms with E-state index in [0.29, 0.717) is 0 Å². The van der Waals surface area contributed by atoms with E-state index >= 15 is 0 Å². The number of carboxylic acid groups (broad SMARTS) is 1. The second kappa shape index (κ2) is 19.1. The minimum absolute atomic E-state index is 0.0342. The standard InChI is InChI=1S/C7H9F2N3O2.C5H6ClF2N3.C5H5F2N3O2.C5H7F2N3O/c1-3-14-7(13)4-5(6(8)9)12(2)11-10-4;1-11-4(5(7)8)3(2-6)9-10-11;1-10-3(4(6)7)2(5(11)12)8-9-10;1-10-4(5(6)7)3(2-11)8-9-10/h6H,3H2,1-2H3;5H,2H2,1H3;4H,1H3,(H,11,12);5,11H,2H2,1H3. The number of hydrogen-bond acceptors (Lipinski definition) is 12. The zero-order valence-electron chi connectivity index (χ0n) is 25.3. The number of aromatic carboxylic acids is 1. The fourth-order valence-corrected chi connectivity index (χ4v) is 3.46. The van der Waals surface area contributed by atoms with Gasteiger partial charge in [0.05, 0.1) is 19.1 Å². The number of aliphatic hydroxyl groups excluding tert-OH is 1. The molecule has 0 atom stereocenters. The molecular formula is C22H27ClF8N12O5. The maximum absolute atomic E-state index is 12.4. The molecule has 4 rings (SSSR count). The third-order valence-corrected chi connectivity index (χ3v) is 5.66. The van der Waals surface area contributed by atoms with Gasteiger partial charge in [0.25, 0.3) is 25.7 Å². The molecule has 0 fully saturated rings. The molecule has 4 heterocycles. The highest BCUT2D eigenvalue weighted by atomic mass is 35.5. The number of aliphatic hydroxyl groups is 1. The molecule has 0 radical (unpaired) electrons. The van der Waals surface area contributed by atoms with E-state index in [2.05, 4.69) is 46.0 Å². The van der Waals surface area contributed by atoms with Gasteiger partial charge in [0, 0.05) is 28.2 Å². The van der Waals surface area contributed by atoms with E-state index in [1.54, 1.807) is 6.92 Å². The van der Waals surface area contributed by atoms with Crippen molar-refractivity contribution >= 4 is 23.5 Å². The van der Waals surface area contributed by atoms with Crippen LogP contribution in [0.1, 0.15) is 87.8 Å². The minimum Gasteiger partial charge on any atom is -0.476 e. The lowest BCUT2D eigenvalue weighted by molar-refractivity contribution is 0.0506. The number of nitrogens with zero attached hydrogens (tertiary/aromatic N) is 12. The van der Waals surface area contributed by atoms with Crippen LogP contribution < -0.4 is 0 Å². The van der Waals surface area contributed by atoms with Crippen molar-refractivity contribution in [3.63, 3.8) is 0 Å². The average molecular weight is 727 g/mol. The first kappa shape index (κ1) is 41.2. The van der Waals surface area contributed by atoms with Gasteiger partial charge in [-0.1, -0.05) is 20.9 Å². The maximum atomic E-state index is 12.4. The number of halogens is 9. The molecule has 268 valence electrons. The van der Waals surface area contributed by atoms with Crippen LogP contribution in [-0.4, -0.2) is 88.7 Å². The summed E-state index contributed by atoms with van der Waals surface area (Å²) in [5.74, 6) is -2.41. The average Bonchev–Trinajstić information content (AvgIpc) is 3.78. The highest BCUT2D eigenvalue weighted by Crippen LogP contribution is 2.23. The van der Waals surface area contributed by atoms with Crippen molar-refractivity contribution in [2.24, 2.45) is 28.2 Å². The number of aromatic nitrogens is 12. The summed E-state index contributed by atoms with van der Waals surface area (Å²) in [5, 5.41) is 43.3. The van der Waals surface area contributed by atoms with E-state index in [1.165, 1.54) is 28.2 Å². The summed E-state index contributed by atoms with van der Waals surface area (Å²) in [6.07, 6.45) is -10.9. The Morgan fingerprint density at radius 1 is 0.667 bits per heavy atom. The summed E-state index contributed by atoms with van der Waals surface area (Å²) >= 11 is 5.34. The van der Waals surface area contributed by atoms with Gasteiger partial charge in [0.15, 0.2) is 11.4 Å². The van der Waals surface area contributed by atoms with Gasteiger partial charge in [-0.2, -0.15) is 0 Å². The number of esters is 1. The third-order valence-electron chi connectivity index (χ3n) is 5.40. The molecule has 0 aromatic carbocycles. The van der Waals surface area contributed by atoms with Crippen molar-refractivity contribution in [3.05, 3.63) is 45.6 Å². The molecule has 0 aliphatic carbocycles. The smallest absolute Gasteiger partial charge is 0.361 e. The van der Waals surface area contributed by atoms with Crippen molar-refractivity contribution in [1.29, 1.82) is 0 Å². The Morgan fingerprint density at radius 3 is 1.33 bits per heavy atom. The van der Waals surface area contributed by atoms with Crippen LogP contribution in [0.3, 0.4) is 0 Å². The number of aryl methyl sites for hydroxylation is 4. The Labute approximate surface area is 269 Å². The molecule has 0 saturated carbocycles. The predicted octanol–water partition coefficient (Wildman–Crippen LogP) is 3.12. The van der Waals surface area contributed by atoms with Crippen LogP contribution >= 0.6 is 11.6 Å². The summed E-state index contributed by atoms with van der Waals surface area (Å²) in [7, 11) is 5.26. The zero-order valence-corrected chi connectivity index (χ0v) is 26.1. The van der Waals surface area contributed by atoms with Crippen LogP contribution in [0.5, 0.6) is 0 Å². The molecule has 4 aromatic rings. The van der Waals surface area contributed by atoms with Crippen LogP contribution in [0.4, 0.5) is 35.1 Å². The number of carbonyl (C=O) groups excluding carboxylic acids is 1. The van der Waals surface area contributed by atoms with Crippen molar-refractivity contribution in [2.75, 3.05) is 6.61 Å². The Hall–Kier alpha value is -4.81. The number of carbonyl (C=O) groups is 2. The van der Waals surface area contributed by atoms with Crippen LogP contribution in [0.25, 0.3) is 0 Å². The van der Waals surface area contributed by atoms with E-state index in [1.807, 2.05) is 0 Å². The van der Waals surface area contributed by atoms with Crippen molar-refractivity contribution in [1.82, 2.24) is 60.0 Å². The maximum Gasteiger partial charge on any atom is 0.361 e. The van der Waals surface area contributed by atoms with Gasteiger partial charge in [-0.3, -0.25) is 0 Å². The normalized spacial score (nSPS) is 10.8. The number of rotatable bonds is 9. The lowest BCUT2D eigenvalue weighted by atomic mass is 10.3. The van der Waals surface area contributed by atoms with Crippen LogP contribution in [0.2, 0.25) is 0 Å². The van der Waals surface area contributed by atoms with E-state index in [4.69, 9.17) is 21.8 Å². The highest BCUT2D eigenvalue weighted by Gasteiger charge is 2.26. The lowest BCUT2D eigenvalue weighted by Gasteiger charge is -2.01. The quantitative estimate of drug-likeness (QED) is 0.145. The van der Waals surface area contributed by atoms with Gasteiger partial charge < -0.3 is 14.9 Å². The van der Waals surface area contributed by atoms with Crippen molar-refractivity contribution < 1.29 is 59.7 Å². The SMILES string of the molecule is CCOC(=O)c1nnn(C)c1C(F)F.Cn1nnc(C(=O)O)c1C(F)F.Cn1nnc(CCl)c1C(F)F.Cn1nnc(CO)c1C(F)F. The first-order valence-corrected chi connectivity index (χ1v) is 13.2. The summed E-state index contributed by atoms with van der Waals surface area (Å²) in [6.45, 7) is 1.18. The topological polar surface area (TPSA) is 207 Å². The summed E-state index contributed by atoms with van der Waals surface area (Å²) in [6, 6.07) is 0. The van der Waals surface area contributed by atoms with Gasteiger partial charge in [0.1, 0.15) is 34.2 Å². The number of hydrogen-bond donors (Lipinski definition) is 2. The molecule has 0 spiro atoms. The molecule has 0 bridgehead atoms. The van der Waals surface area contributed by atoms with E-state index in [9.17, 15) is 44.7 Å². The summed E-state index contributed by atoms with van der Waals surface area (Å²) < 4.78 is 106. The predicted molar refractivity (Wildman–Crippen MR) is 142 cm³/mol. The van der Waals surface area contributed by atoms with E-state index < -0.39 is 67.0 Å². The molecule has 17 nitrogen and oxygen atoms in total. The van der Waals surface area contributed by atoms with Gasteiger partial charge >= 0.3 is 11.9 Å². The van der Waals surface area contributed by atoms with Crippen LogP contribution in [-0.2, 0) is 45.4 Å². The Morgan fingerprint density at radius 2 is 1.02 bits per heavy atom. The summed E-state index contributed by atoms with van der Waals surface area (Å²) in [5.41, 5.74) is -2.79. The lowest BCUT2D eigenvalue weighted by Crippen LogP contribution is -2.10. The highest BCUT2D eigenvalue weighted by molar-refractivity contribution is 6.16. The molecular weight excluding hydrogens is 700 g/mol. The zero-order chi connectivity index (χ0) is 36.9. The van der Waals surface area contributed by atoms with Crippen molar-refractivity contribution in [3.8, 4) is 0 Å². The Kier molecular flexibility index (Phi) is 16.4. The third kappa shape index (κ3) is 10.9. The van der Waals surface area contributed by atoms with Gasteiger partial charge in [-0.05, 0) is 6.92 Å². The molecule has 26 heteroatoms.